The minimum Gasteiger partial charge on any atom is -0.398 e. The number of anilines is 1. The van der Waals surface area contributed by atoms with Crippen LogP contribution in [0, 0.1) is 0 Å². The molecule has 0 saturated heterocycles. The van der Waals surface area contributed by atoms with E-state index >= 15 is 0 Å². The fourth-order valence-electron chi connectivity index (χ4n) is 2.43. The average Bonchev–Trinajstić information content (AvgIpc) is 2.87. The zero-order valence-corrected chi connectivity index (χ0v) is 14.1. The van der Waals surface area contributed by atoms with Gasteiger partial charge in [0.05, 0.1) is 5.52 Å². The lowest BCUT2D eigenvalue weighted by molar-refractivity contribution is 0.323. The van der Waals surface area contributed by atoms with E-state index in [1.54, 1.807) is 11.3 Å². The molecule has 0 radical (unpaired) electrons. The molecule has 0 fully saturated rings. The number of nitrogen functional groups attached to an aromatic ring is 1. The Hall–Kier alpha value is -1.43. The van der Waals surface area contributed by atoms with Gasteiger partial charge in [-0.1, -0.05) is 6.07 Å². The number of hydrogen-bond acceptors (Lipinski definition) is 4. The van der Waals surface area contributed by atoms with E-state index in [2.05, 4.69) is 50.4 Å². The molecule has 0 amide bonds. The van der Waals surface area contributed by atoms with E-state index in [9.17, 15) is 0 Å². The van der Waals surface area contributed by atoms with Gasteiger partial charge in [-0.25, -0.2) is 0 Å². The van der Waals surface area contributed by atoms with Crippen molar-refractivity contribution in [1.82, 2.24) is 9.88 Å². The topological polar surface area (TPSA) is 42.1 Å². The molecule has 3 aromatic rings. The molecule has 2 N–H and O–H groups in total. The number of aromatic nitrogens is 1. The Morgan fingerprint density at radius 3 is 2.90 bits per heavy atom. The van der Waals surface area contributed by atoms with Gasteiger partial charge >= 0.3 is 0 Å². The molecule has 0 bridgehead atoms. The molecule has 0 unspecified atom stereocenters. The highest BCUT2D eigenvalue weighted by molar-refractivity contribution is 9.10. The van der Waals surface area contributed by atoms with Gasteiger partial charge in [-0.15, -0.1) is 11.3 Å². The average molecular weight is 362 g/mol. The summed E-state index contributed by atoms with van der Waals surface area (Å²) >= 11 is 5.27. The number of benzene rings is 1. The summed E-state index contributed by atoms with van der Waals surface area (Å²) in [6.45, 7) is 1.78. The number of nitrogens with zero attached hydrogens (tertiary/aromatic N) is 2. The highest BCUT2D eigenvalue weighted by Gasteiger charge is 2.09. The second-order valence-electron chi connectivity index (χ2n) is 5.12. The van der Waals surface area contributed by atoms with E-state index in [-0.39, 0.29) is 0 Å². The minimum atomic E-state index is 0.784. The van der Waals surface area contributed by atoms with Crippen LogP contribution >= 0.6 is 27.3 Å². The summed E-state index contributed by atoms with van der Waals surface area (Å²) in [6.07, 6.45) is 1.82. The van der Waals surface area contributed by atoms with Gasteiger partial charge in [0.15, 0.2) is 0 Å². The summed E-state index contributed by atoms with van der Waals surface area (Å²) < 4.78 is 1.15. The van der Waals surface area contributed by atoms with E-state index in [0.29, 0.717) is 0 Å². The summed E-state index contributed by atoms with van der Waals surface area (Å²) in [6, 6.07) is 10.2. The molecule has 1 aromatic carbocycles. The number of rotatable bonds is 4. The van der Waals surface area contributed by atoms with Crippen molar-refractivity contribution < 1.29 is 0 Å². The van der Waals surface area contributed by atoms with Gasteiger partial charge in [-0.3, -0.25) is 9.88 Å². The summed E-state index contributed by atoms with van der Waals surface area (Å²) in [7, 11) is 2.12. The van der Waals surface area contributed by atoms with Crippen LogP contribution in [0.5, 0.6) is 0 Å². The van der Waals surface area contributed by atoms with Crippen LogP contribution in [-0.4, -0.2) is 16.9 Å². The van der Waals surface area contributed by atoms with E-state index < -0.39 is 0 Å². The van der Waals surface area contributed by atoms with Crippen LogP contribution < -0.4 is 5.73 Å². The third-order valence-corrected chi connectivity index (χ3v) is 5.06. The molecule has 108 valence electrons. The summed E-state index contributed by atoms with van der Waals surface area (Å²) in [5.41, 5.74) is 9.01. The van der Waals surface area contributed by atoms with E-state index in [1.165, 1.54) is 10.4 Å². The number of thiophene rings is 1. The number of fused-ring (bicyclic) bond motifs is 1. The predicted octanol–water partition coefficient (Wildman–Crippen LogP) is 4.27. The van der Waals surface area contributed by atoms with Crippen molar-refractivity contribution in [2.75, 3.05) is 12.8 Å². The maximum absolute atomic E-state index is 6.03. The van der Waals surface area contributed by atoms with Crippen LogP contribution in [0.25, 0.3) is 10.9 Å². The van der Waals surface area contributed by atoms with Crippen LogP contribution in [0.2, 0.25) is 0 Å². The van der Waals surface area contributed by atoms with Gasteiger partial charge in [0.25, 0.3) is 0 Å². The smallest absolute Gasteiger partial charge is 0.0767 e. The molecule has 0 aliphatic heterocycles. The van der Waals surface area contributed by atoms with Crippen LogP contribution in [0.15, 0.2) is 46.4 Å². The molecule has 0 atom stereocenters. The van der Waals surface area contributed by atoms with Crippen molar-refractivity contribution in [3.63, 3.8) is 0 Å². The molecule has 3 nitrogen and oxygen atoms in total. The largest absolute Gasteiger partial charge is 0.398 e. The van der Waals surface area contributed by atoms with Gasteiger partial charge in [-0.05, 0) is 52.8 Å². The number of halogens is 1. The Morgan fingerprint density at radius 2 is 2.14 bits per heavy atom. The fourth-order valence-corrected chi connectivity index (χ4v) is 3.96. The van der Waals surface area contributed by atoms with Crippen molar-refractivity contribution in [2.45, 2.75) is 13.1 Å². The Bertz CT molecular complexity index is 769. The third kappa shape index (κ3) is 3.26. The van der Waals surface area contributed by atoms with Crippen LogP contribution in [0.3, 0.4) is 0 Å². The van der Waals surface area contributed by atoms with Crippen molar-refractivity contribution in [1.29, 1.82) is 0 Å². The second-order valence-corrected chi connectivity index (χ2v) is 7.03. The predicted molar refractivity (Wildman–Crippen MR) is 93.3 cm³/mol. The molecular weight excluding hydrogens is 346 g/mol. The Balaban J connectivity index is 1.83. The fraction of sp³-hybridized carbons (Fsp3) is 0.188. The summed E-state index contributed by atoms with van der Waals surface area (Å²) in [5, 5.41) is 3.14. The van der Waals surface area contributed by atoms with E-state index in [1.807, 2.05) is 24.4 Å². The third-order valence-electron chi connectivity index (χ3n) is 3.37. The summed E-state index contributed by atoms with van der Waals surface area (Å²) in [4.78, 5) is 8.13. The van der Waals surface area contributed by atoms with Crippen molar-refractivity contribution in [3.8, 4) is 0 Å². The van der Waals surface area contributed by atoms with Crippen molar-refractivity contribution in [2.24, 2.45) is 0 Å². The molecule has 0 spiro atoms. The van der Waals surface area contributed by atoms with E-state index in [0.717, 1.165) is 34.2 Å². The first-order valence-electron chi connectivity index (χ1n) is 6.67. The Kier molecular flexibility index (Phi) is 4.24. The maximum atomic E-state index is 6.03. The number of hydrogen-bond donors (Lipinski definition) is 1. The maximum Gasteiger partial charge on any atom is 0.0767 e. The standard InChI is InChI=1S/C16H16BrN3S/c1-20(9-13-7-12(17)10-21-13)8-11-4-5-15(18)14-3-2-6-19-16(11)14/h2-7,10H,8-9,18H2,1H3. The quantitative estimate of drug-likeness (QED) is 0.705. The van der Waals surface area contributed by atoms with Crippen LogP contribution in [-0.2, 0) is 13.1 Å². The van der Waals surface area contributed by atoms with Crippen LogP contribution in [0.1, 0.15) is 10.4 Å². The Labute approximate surface area is 136 Å². The van der Waals surface area contributed by atoms with Gasteiger partial charge in [0.2, 0.25) is 0 Å². The minimum absolute atomic E-state index is 0.784. The monoisotopic (exact) mass is 361 g/mol. The van der Waals surface area contributed by atoms with Gasteiger partial charge in [0.1, 0.15) is 0 Å². The molecule has 0 saturated carbocycles. The van der Waals surface area contributed by atoms with E-state index in [4.69, 9.17) is 5.73 Å². The lowest BCUT2D eigenvalue weighted by atomic mass is 10.1. The number of nitrogens with two attached hydrogens (primary N) is 1. The zero-order valence-electron chi connectivity index (χ0n) is 11.7. The molecule has 5 heteroatoms. The molecule has 2 aromatic heterocycles. The normalized spacial score (nSPS) is 11.4. The van der Waals surface area contributed by atoms with Gasteiger partial charge in [0, 0.05) is 45.1 Å². The highest BCUT2D eigenvalue weighted by atomic mass is 79.9. The molecule has 2 heterocycles. The number of pyridine rings is 1. The first-order chi connectivity index (χ1) is 10.1. The molecule has 3 rings (SSSR count). The van der Waals surface area contributed by atoms with Crippen molar-refractivity contribution in [3.05, 3.63) is 56.8 Å². The van der Waals surface area contributed by atoms with Crippen LogP contribution in [0.4, 0.5) is 5.69 Å². The SMILES string of the molecule is CN(Cc1cc(Br)cs1)Cc1ccc(N)c2cccnc12. The molecule has 21 heavy (non-hydrogen) atoms. The lowest BCUT2D eigenvalue weighted by Crippen LogP contribution is -2.17. The first-order valence-corrected chi connectivity index (χ1v) is 8.34. The first kappa shape index (κ1) is 14.5. The molecular formula is C16H16BrN3S. The lowest BCUT2D eigenvalue weighted by Gasteiger charge is -2.17. The van der Waals surface area contributed by atoms with Crippen molar-refractivity contribution >= 4 is 43.9 Å². The van der Waals surface area contributed by atoms with Gasteiger partial charge in [-0.2, -0.15) is 0 Å². The van der Waals surface area contributed by atoms with Gasteiger partial charge < -0.3 is 5.73 Å². The summed E-state index contributed by atoms with van der Waals surface area (Å²) in [5.74, 6) is 0. The highest BCUT2D eigenvalue weighted by Crippen LogP contribution is 2.25. The molecule has 0 aliphatic carbocycles. The molecule has 0 aliphatic rings. The Morgan fingerprint density at radius 1 is 1.29 bits per heavy atom. The zero-order chi connectivity index (χ0) is 14.8. The second kappa shape index (κ2) is 6.13.